The van der Waals surface area contributed by atoms with Crippen molar-refractivity contribution < 1.29 is 14.3 Å². The topological polar surface area (TPSA) is 72.6 Å². The van der Waals surface area contributed by atoms with Gasteiger partial charge in [-0.2, -0.15) is 0 Å². The molecule has 0 aliphatic carbocycles. The minimum Gasteiger partial charge on any atom is -0.458 e. The predicted octanol–water partition coefficient (Wildman–Crippen LogP) is 1.63. The zero-order valence-corrected chi connectivity index (χ0v) is 12.7. The Morgan fingerprint density at radius 2 is 1.95 bits per heavy atom. The van der Waals surface area contributed by atoms with E-state index in [2.05, 4.69) is 0 Å². The van der Waals surface area contributed by atoms with Gasteiger partial charge in [-0.15, -0.1) is 0 Å². The molecule has 0 bridgehead atoms. The number of rotatable bonds is 3. The third-order valence-corrected chi connectivity index (χ3v) is 3.34. The van der Waals surface area contributed by atoms with Crippen molar-refractivity contribution in [1.82, 2.24) is 4.90 Å². The maximum Gasteiger partial charge on any atom is 0.334 e. The van der Waals surface area contributed by atoms with Gasteiger partial charge in [0.25, 0.3) is 0 Å². The lowest BCUT2D eigenvalue weighted by Crippen LogP contribution is -2.42. The van der Waals surface area contributed by atoms with Crippen molar-refractivity contribution in [3.8, 4) is 0 Å². The van der Waals surface area contributed by atoms with Crippen molar-refractivity contribution in [2.24, 2.45) is 5.73 Å². The van der Waals surface area contributed by atoms with Crippen LogP contribution in [0.4, 0.5) is 0 Å². The third-order valence-electron chi connectivity index (χ3n) is 3.34. The molecule has 1 aliphatic rings. The Hall–Kier alpha value is -1.88. The first kappa shape index (κ1) is 15.5. The number of carbonyl (C=O) groups excluding carboxylic acids is 2. The molecule has 0 unspecified atom stereocenters. The average Bonchev–Trinajstić information content (AvgIpc) is 2.71. The van der Waals surface area contributed by atoms with Crippen LogP contribution in [0.25, 0.3) is 0 Å². The largest absolute Gasteiger partial charge is 0.458 e. The second kappa shape index (κ2) is 5.85. The highest BCUT2D eigenvalue weighted by atomic mass is 16.6. The van der Waals surface area contributed by atoms with Crippen molar-refractivity contribution >= 4 is 11.9 Å². The van der Waals surface area contributed by atoms with Gasteiger partial charge in [-0.05, 0) is 32.8 Å². The highest BCUT2D eigenvalue weighted by Gasteiger charge is 2.39. The Morgan fingerprint density at radius 1 is 1.33 bits per heavy atom. The Morgan fingerprint density at radius 3 is 2.43 bits per heavy atom. The van der Waals surface area contributed by atoms with Crippen LogP contribution < -0.4 is 5.73 Å². The van der Waals surface area contributed by atoms with E-state index in [1.54, 1.807) is 0 Å². The summed E-state index contributed by atoms with van der Waals surface area (Å²) in [7, 11) is 0. The van der Waals surface area contributed by atoms with Gasteiger partial charge in [0, 0.05) is 6.54 Å². The zero-order valence-electron chi connectivity index (χ0n) is 12.7. The number of carbonyl (C=O) groups is 2. The van der Waals surface area contributed by atoms with Crippen molar-refractivity contribution in [3.63, 3.8) is 0 Å². The van der Waals surface area contributed by atoms with Gasteiger partial charge in [-0.3, -0.25) is 4.79 Å². The molecule has 0 spiro atoms. The summed E-state index contributed by atoms with van der Waals surface area (Å²) >= 11 is 0. The van der Waals surface area contributed by atoms with Gasteiger partial charge < -0.3 is 15.4 Å². The van der Waals surface area contributed by atoms with Crippen LogP contribution >= 0.6 is 0 Å². The summed E-state index contributed by atoms with van der Waals surface area (Å²) in [5.41, 5.74) is 5.91. The van der Waals surface area contributed by atoms with Gasteiger partial charge in [0.15, 0.2) is 6.04 Å². The first-order valence-electron chi connectivity index (χ1n) is 7.13. The minimum absolute atomic E-state index is 0.199. The van der Waals surface area contributed by atoms with E-state index in [-0.39, 0.29) is 5.91 Å². The van der Waals surface area contributed by atoms with Crippen molar-refractivity contribution in [1.29, 1.82) is 0 Å². The van der Waals surface area contributed by atoms with Gasteiger partial charge in [0.1, 0.15) is 5.60 Å². The van der Waals surface area contributed by atoms with Gasteiger partial charge in [-0.1, -0.05) is 30.3 Å². The number of likely N-dealkylation sites (tertiary alicyclic amines) is 1. The second-order valence-corrected chi connectivity index (χ2v) is 6.27. The molecule has 1 saturated heterocycles. The Labute approximate surface area is 125 Å². The number of nitrogens with two attached hydrogens (primary N) is 1. The van der Waals surface area contributed by atoms with E-state index in [1.807, 2.05) is 51.1 Å². The maximum atomic E-state index is 12.5. The summed E-state index contributed by atoms with van der Waals surface area (Å²) in [5.74, 6) is -0.620. The Kier molecular flexibility index (Phi) is 4.32. The molecule has 1 heterocycles. The van der Waals surface area contributed by atoms with Gasteiger partial charge >= 0.3 is 5.97 Å². The van der Waals surface area contributed by atoms with E-state index in [9.17, 15) is 9.59 Å². The fourth-order valence-corrected chi connectivity index (χ4v) is 2.42. The summed E-state index contributed by atoms with van der Waals surface area (Å²) in [4.78, 5) is 26.2. The maximum absolute atomic E-state index is 12.5. The molecule has 1 fully saturated rings. The van der Waals surface area contributed by atoms with E-state index >= 15 is 0 Å². The van der Waals surface area contributed by atoms with Crippen LogP contribution in [0.15, 0.2) is 30.3 Å². The lowest BCUT2D eigenvalue weighted by atomic mass is 10.1. The molecule has 5 heteroatoms. The lowest BCUT2D eigenvalue weighted by Gasteiger charge is -2.30. The number of ether oxygens (including phenoxy) is 1. The molecule has 2 N–H and O–H groups in total. The summed E-state index contributed by atoms with van der Waals surface area (Å²) in [5, 5.41) is 0. The monoisotopic (exact) mass is 290 g/mol. The molecule has 21 heavy (non-hydrogen) atoms. The second-order valence-electron chi connectivity index (χ2n) is 6.27. The highest BCUT2D eigenvalue weighted by Crippen LogP contribution is 2.28. The molecule has 2 atom stereocenters. The molecule has 0 aromatic heterocycles. The van der Waals surface area contributed by atoms with Crippen molar-refractivity contribution in [2.75, 3.05) is 6.54 Å². The first-order valence-corrected chi connectivity index (χ1v) is 7.13. The fraction of sp³-hybridized carbons (Fsp3) is 0.500. The molecule has 1 aromatic rings. The smallest absolute Gasteiger partial charge is 0.334 e. The van der Waals surface area contributed by atoms with Crippen LogP contribution in [0, 0.1) is 0 Å². The molecular weight excluding hydrogens is 268 g/mol. The number of amides is 1. The van der Waals surface area contributed by atoms with Gasteiger partial charge in [-0.25, -0.2) is 4.79 Å². The summed E-state index contributed by atoms with van der Waals surface area (Å²) < 4.78 is 5.48. The normalized spacial score (nSPS) is 20.5. The molecule has 0 radical (unpaired) electrons. The van der Waals surface area contributed by atoms with E-state index in [4.69, 9.17) is 10.5 Å². The summed E-state index contributed by atoms with van der Waals surface area (Å²) in [6.45, 7) is 5.90. The predicted molar refractivity (Wildman–Crippen MR) is 79.3 cm³/mol. The number of esters is 1. The van der Waals surface area contributed by atoms with Crippen LogP contribution in [0.5, 0.6) is 0 Å². The summed E-state index contributed by atoms with van der Waals surface area (Å²) in [6, 6.07) is 7.94. The molecule has 114 valence electrons. The van der Waals surface area contributed by atoms with Crippen LogP contribution in [0.2, 0.25) is 0 Å². The van der Waals surface area contributed by atoms with Crippen molar-refractivity contribution in [3.05, 3.63) is 35.9 Å². The van der Waals surface area contributed by atoms with E-state index in [1.165, 1.54) is 4.90 Å². The highest BCUT2D eigenvalue weighted by molar-refractivity contribution is 5.89. The third kappa shape index (κ3) is 3.61. The molecular formula is C16H22N2O3. The van der Waals surface area contributed by atoms with Crippen LogP contribution in [0.1, 0.15) is 38.8 Å². The van der Waals surface area contributed by atoms with E-state index < -0.39 is 23.7 Å². The molecule has 1 aromatic carbocycles. The van der Waals surface area contributed by atoms with Gasteiger partial charge in [0.05, 0.1) is 6.04 Å². The Balaban J connectivity index is 2.32. The van der Waals surface area contributed by atoms with E-state index in [0.29, 0.717) is 13.0 Å². The number of nitrogens with zero attached hydrogens (tertiary/aromatic N) is 1. The van der Waals surface area contributed by atoms with E-state index in [0.717, 1.165) is 5.56 Å². The molecule has 2 rings (SSSR count). The van der Waals surface area contributed by atoms with Crippen LogP contribution in [0.3, 0.4) is 0 Å². The number of benzene rings is 1. The van der Waals surface area contributed by atoms with Crippen LogP contribution in [-0.4, -0.2) is 35.0 Å². The molecule has 0 saturated carbocycles. The SMILES string of the molecule is CC(C)(C)OC(=O)[C@@H](c1ccccc1)N1CC[C@H](N)C1=O. The Bertz CT molecular complexity index is 522. The number of hydrogen-bond acceptors (Lipinski definition) is 4. The quantitative estimate of drug-likeness (QED) is 0.859. The molecule has 1 amide bonds. The number of hydrogen-bond donors (Lipinski definition) is 1. The van der Waals surface area contributed by atoms with Crippen molar-refractivity contribution in [2.45, 2.75) is 44.9 Å². The standard InChI is InChI=1S/C16H22N2O3/c1-16(2,3)21-15(20)13(11-7-5-4-6-8-11)18-10-9-12(17)14(18)19/h4-8,12-13H,9-10,17H2,1-3H3/t12-,13+/m0/s1. The average molecular weight is 290 g/mol. The zero-order chi connectivity index (χ0) is 15.6. The lowest BCUT2D eigenvalue weighted by molar-refractivity contribution is -0.164. The van der Waals surface area contributed by atoms with Crippen LogP contribution in [-0.2, 0) is 14.3 Å². The minimum atomic E-state index is -0.730. The summed E-state index contributed by atoms with van der Waals surface area (Å²) in [6.07, 6.45) is 0.560. The fourth-order valence-electron chi connectivity index (χ4n) is 2.42. The molecule has 1 aliphatic heterocycles. The first-order chi connectivity index (χ1) is 9.79. The van der Waals surface area contributed by atoms with Gasteiger partial charge in [0.2, 0.25) is 5.91 Å². The molecule has 5 nitrogen and oxygen atoms in total.